The number of cyclic esters (lactones) is 1. The maximum atomic E-state index is 14.3. The third-order valence-electron chi connectivity index (χ3n) is 6.20. The lowest BCUT2D eigenvalue weighted by atomic mass is 10.1. The van der Waals surface area contributed by atoms with Crippen molar-refractivity contribution in [3.63, 3.8) is 0 Å². The summed E-state index contributed by atoms with van der Waals surface area (Å²) in [5, 5.41) is 0. The molecule has 2 aliphatic heterocycles. The van der Waals surface area contributed by atoms with Gasteiger partial charge >= 0.3 is 12.2 Å². The third-order valence-corrected chi connectivity index (χ3v) is 6.81. The van der Waals surface area contributed by atoms with Crippen molar-refractivity contribution in [3.05, 3.63) is 93.7 Å². The van der Waals surface area contributed by atoms with Gasteiger partial charge in [-0.25, -0.2) is 14.0 Å². The maximum absolute atomic E-state index is 14.3. The van der Waals surface area contributed by atoms with Crippen molar-refractivity contribution in [2.45, 2.75) is 32.0 Å². The van der Waals surface area contributed by atoms with Crippen LogP contribution in [0.2, 0.25) is 0 Å². The number of benzene rings is 3. The highest BCUT2D eigenvalue weighted by Gasteiger charge is 2.45. The van der Waals surface area contributed by atoms with Crippen LogP contribution in [0.3, 0.4) is 0 Å². The summed E-state index contributed by atoms with van der Waals surface area (Å²) in [6.07, 6.45) is -2.98. The molecule has 37 heavy (non-hydrogen) atoms. The third kappa shape index (κ3) is 5.48. The largest absolute Gasteiger partial charge is 0.497 e. The van der Waals surface area contributed by atoms with Crippen molar-refractivity contribution in [3.8, 4) is 11.5 Å². The average molecular weight is 571 g/mol. The molecule has 192 valence electrons. The Morgan fingerprint density at radius 1 is 1.08 bits per heavy atom. The molecule has 2 atom stereocenters. The van der Waals surface area contributed by atoms with Gasteiger partial charge < -0.3 is 18.9 Å². The van der Waals surface area contributed by atoms with Crippen LogP contribution in [-0.2, 0) is 29.2 Å². The molecule has 0 unspecified atom stereocenters. The van der Waals surface area contributed by atoms with Crippen molar-refractivity contribution in [2.24, 2.45) is 0 Å². The van der Waals surface area contributed by atoms with Crippen LogP contribution in [0.4, 0.5) is 14.0 Å². The van der Waals surface area contributed by atoms with Gasteiger partial charge in [0.1, 0.15) is 23.9 Å². The minimum atomic E-state index is -0.999. The van der Waals surface area contributed by atoms with E-state index in [0.29, 0.717) is 17.9 Å². The summed E-state index contributed by atoms with van der Waals surface area (Å²) in [6.45, 7) is 0.644. The van der Waals surface area contributed by atoms with E-state index >= 15 is 0 Å². The highest BCUT2D eigenvalue weighted by Crippen LogP contribution is 2.35. The van der Waals surface area contributed by atoms with E-state index in [-0.39, 0.29) is 29.9 Å². The van der Waals surface area contributed by atoms with E-state index in [2.05, 4.69) is 15.9 Å². The standard InChI is InChI=1S/C27H24BrFN2O6/c1-34-20-9-7-17(8-10-20)13-30-15-24(37-26(30)32)25-31(27(33)35-16-18-5-3-2-4-6-18)14-19-11-21(28)22(29)12-23(19)36-25/h2-12,24-25H,13-16H2,1H3/t24-,25-/m0/s1. The summed E-state index contributed by atoms with van der Waals surface area (Å²) in [5.41, 5.74) is 2.31. The lowest BCUT2D eigenvalue weighted by Crippen LogP contribution is -2.53. The van der Waals surface area contributed by atoms with Gasteiger partial charge in [0.05, 0.1) is 24.7 Å². The van der Waals surface area contributed by atoms with E-state index in [0.717, 1.165) is 11.1 Å². The highest BCUT2D eigenvalue weighted by molar-refractivity contribution is 9.10. The summed E-state index contributed by atoms with van der Waals surface area (Å²) < 4.78 is 36.9. The number of methoxy groups -OCH3 is 1. The molecule has 0 aliphatic carbocycles. The van der Waals surface area contributed by atoms with Crippen LogP contribution in [0.15, 0.2) is 71.2 Å². The Morgan fingerprint density at radius 2 is 1.84 bits per heavy atom. The molecule has 0 aromatic heterocycles. The van der Waals surface area contributed by atoms with Gasteiger partial charge in [0.15, 0.2) is 6.10 Å². The number of ether oxygens (including phenoxy) is 4. The van der Waals surface area contributed by atoms with Gasteiger partial charge in [0.25, 0.3) is 0 Å². The lowest BCUT2D eigenvalue weighted by molar-refractivity contribution is -0.0649. The Morgan fingerprint density at radius 3 is 2.57 bits per heavy atom. The second-order valence-electron chi connectivity index (χ2n) is 8.70. The predicted octanol–water partition coefficient (Wildman–Crippen LogP) is 5.48. The number of hydrogen-bond acceptors (Lipinski definition) is 6. The molecule has 2 amide bonds. The van der Waals surface area contributed by atoms with E-state index in [1.807, 2.05) is 54.6 Å². The molecular weight excluding hydrogens is 547 g/mol. The Kier molecular flexibility index (Phi) is 7.18. The number of halogens is 2. The topological polar surface area (TPSA) is 77.5 Å². The van der Waals surface area contributed by atoms with Crippen LogP contribution in [0, 0.1) is 5.82 Å². The number of carbonyl (C=O) groups is 2. The molecule has 2 aliphatic rings. The highest BCUT2D eigenvalue weighted by atomic mass is 79.9. The fourth-order valence-electron chi connectivity index (χ4n) is 4.28. The first-order valence-corrected chi connectivity index (χ1v) is 12.4. The van der Waals surface area contributed by atoms with Crippen LogP contribution in [0.5, 0.6) is 11.5 Å². The molecule has 0 saturated carbocycles. The van der Waals surface area contributed by atoms with E-state index < -0.39 is 30.3 Å². The molecule has 3 aromatic rings. The van der Waals surface area contributed by atoms with E-state index in [1.54, 1.807) is 13.2 Å². The monoisotopic (exact) mass is 570 g/mol. The number of carbonyl (C=O) groups excluding carboxylic acids is 2. The SMILES string of the molecule is COc1ccc(CN2C[C@@H]([C@@H]3Oc4cc(F)c(Br)cc4CN3C(=O)OCc3ccccc3)OC2=O)cc1. The van der Waals surface area contributed by atoms with Crippen LogP contribution in [0.1, 0.15) is 16.7 Å². The van der Waals surface area contributed by atoms with Crippen molar-refractivity contribution >= 4 is 28.1 Å². The van der Waals surface area contributed by atoms with Gasteiger partial charge in [-0.1, -0.05) is 42.5 Å². The molecule has 8 nitrogen and oxygen atoms in total. The number of nitrogens with zero attached hydrogens (tertiary/aromatic N) is 2. The summed E-state index contributed by atoms with van der Waals surface area (Å²) in [4.78, 5) is 28.8. The van der Waals surface area contributed by atoms with Crippen LogP contribution in [0.25, 0.3) is 0 Å². The molecule has 0 bridgehead atoms. The molecule has 10 heteroatoms. The summed E-state index contributed by atoms with van der Waals surface area (Å²) >= 11 is 3.18. The van der Waals surface area contributed by atoms with Gasteiger partial charge in [0, 0.05) is 18.2 Å². The number of fused-ring (bicyclic) bond motifs is 1. The molecule has 0 N–H and O–H groups in total. The van der Waals surface area contributed by atoms with Crippen molar-refractivity contribution in [1.29, 1.82) is 0 Å². The second-order valence-corrected chi connectivity index (χ2v) is 9.56. The zero-order valence-electron chi connectivity index (χ0n) is 19.9. The van der Waals surface area contributed by atoms with Gasteiger partial charge in [0.2, 0.25) is 6.23 Å². The summed E-state index contributed by atoms with van der Waals surface area (Å²) in [6, 6.07) is 19.5. The smallest absolute Gasteiger partial charge is 0.413 e. The summed E-state index contributed by atoms with van der Waals surface area (Å²) in [7, 11) is 1.58. The Balaban J connectivity index is 1.35. The van der Waals surface area contributed by atoms with Crippen LogP contribution in [-0.4, -0.2) is 48.0 Å². The number of amides is 2. The molecule has 3 aromatic carbocycles. The molecule has 5 rings (SSSR count). The first-order chi connectivity index (χ1) is 17.9. The fourth-order valence-corrected chi connectivity index (χ4v) is 4.67. The summed E-state index contributed by atoms with van der Waals surface area (Å²) in [5.74, 6) is 0.494. The van der Waals surface area contributed by atoms with E-state index in [9.17, 15) is 14.0 Å². The van der Waals surface area contributed by atoms with Crippen molar-refractivity contribution in [1.82, 2.24) is 9.80 Å². The van der Waals surface area contributed by atoms with Gasteiger partial charge in [-0.2, -0.15) is 0 Å². The minimum absolute atomic E-state index is 0.0664. The quantitative estimate of drug-likeness (QED) is 0.391. The normalized spacial score (nSPS) is 18.6. The van der Waals surface area contributed by atoms with Gasteiger partial charge in [-0.05, 0) is 45.3 Å². The van der Waals surface area contributed by atoms with E-state index in [4.69, 9.17) is 18.9 Å². The Labute approximate surface area is 221 Å². The average Bonchev–Trinajstić information content (AvgIpc) is 3.28. The molecule has 1 saturated heterocycles. The molecule has 2 heterocycles. The Bertz CT molecular complexity index is 1290. The van der Waals surface area contributed by atoms with E-state index in [1.165, 1.54) is 15.9 Å². The molecule has 0 radical (unpaired) electrons. The number of hydrogen-bond donors (Lipinski definition) is 0. The Hall–Kier alpha value is -3.79. The first kappa shape index (κ1) is 24.9. The fraction of sp³-hybridized carbons (Fsp3) is 0.259. The lowest BCUT2D eigenvalue weighted by Gasteiger charge is -2.38. The van der Waals surface area contributed by atoms with Gasteiger partial charge in [-0.3, -0.25) is 9.80 Å². The van der Waals surface area contributed by atoms with Crippen LogP contribution < -0.4 is 9.47 Å². The molecule has 0 spiro atoms. The predicted molar refractivity (Wildman–Crippen MR) is 134 cm³/mol. The first-order valence-electron chi connectivity index (χ1n) is 11.6. The zero-order valence-corrected chi connectivity index (χ0v) is 21.5. The second kappa shape index (κ2) is 10.7. The number of rotatable bonds is 6. The molecule has 1 fully saturated rings. The molecular formula is C27H24BrFN2O6. The van der Waals surface area contributed by atoms with Crippen LogP contribution >= 0.6 is 15.9 Å². The zero-order chi connectivity index (χ0) is 25.9. The minimum Gasteiger partial charge on any atom is -0.497 e. The van der Waals surface area contributed by atoms with Crippen molar-refractivity contribution in [2.75, 3.05) is 13.7 Å². The van der Waals surface area contributed by atoms with Crippen molar-refractivity contribution < 1.29 is 32.9 Å². The maximum Gasteiger partial charge on any atom is 0.413 e. The van der Waals surface area contributed by atoms with Gasteiger partial charge in [-0.15, -0.1) is 0 Å².